The SMILES string of the molecule is CCOCC(=O)NCC(OC)OC. The number of nitrogens with one attached hydrogen (secondary N) is 1. The fourth-order valence-corrected chi connectivity index (χ4v) is 0.706. The smallest absolute Gasteiger partial charge is 0.246 e. The van der Waals surface area contributed by atoms with E-state index < -0.39 is 6.29 Å². The maximum absolute atomic E-state index is 11.0. The van der Waals surface area contributed by atoms with Gasteiger partial charge in [-0.25, -0.2) is 0 Å². The van der Waals surface area contributed by atoms with Crippen LogP contribution in [0.15, 0.2) is 0 Å². The summed E-state index contributed by atoms with van der Waals surface area (Å²) < 4.78 is 14.7. The van der Waals surface area contributed by atoms with Crippen molar-refractivity contribution in [2.45, 2.75) is 13.2 Å². The first-order chi connectivity index (χ1) is 6.24. The van der Waals surface area contributed by atoms with Gasteiger partial charge in [0.1, 0.15) is 6.61 Å². The largest absolute Gasteiger partial charge is 0.372 e. The molecule has 0 aromatic rings. The van der Waals surface area contributed by atoms with E-state index in [1.807, 2.05) is 6.92 Å². The molecule has 13 heavy (non-hydrogen) atoms. The molecule has 0 radical (unpaired) electrons. The van der Waals surface area contributed by atoms with Crippen molar-refractivity contribution in [3.63, 3.8) is 0 Å². The molecular weight excluding hydrogens is 174 g/mol. The third-order valence-electron chi connectivity index (χ3n) is 1.43. The monoisotopic (exact) mass is 191 g/mol. The molecule has 0 aliphatic rings. The summed E-state index contributed by atoms with van der Waals surface area (Å²) in [5.74, 6) is -0.166. The first kappa shape index (κ1) is 12.3. The molecule has 5 nitrogen and oxygen atoms in total. The Kier molecular flexibility index (Phi) is 7.57. The van der Waals surface area contributed by atoms with Gasteiger partial charge >= 0.3 is 0 Å². The molecule has 1 amide bonds. The van der Waals surface area contributed by atoms with Gasteiger partial charge < -0.3 is 19.5 Å². The number of rotatable bonds is 7. The Morgan fingerprint density at radius 2 is 2.00 bits per heavy atom. The highest BCUT2D eigenvalue weighted by Crippen LogP contribution is 1.87. The fraction of sp³-hybridized carbons (Fsp3) is 0.875. The van der Waals surface area contributed by atoms with Gasteiger partial charge in [-0.05, 0) is 6.92 Å². The Morgan fingerprint density at radius 1 is 1.38 bits per heavy atom. The lowest BCUT2D eigenvalue weighted by atomic mass is 10.5. The van der Waals surface area contributed by atoms with Crippen molar-refractivity contribution in [3.8, 4) is 0 Å². The van der Waals surface area contributed by atoms with E-state index in [9.17, 15) is 4.79 Å². The molecule has 0 aromatic carbocycles. The standard InChI is InChI=1S/C8H17NO4/c1-4-13-6-7(10)9-5-8(11-2)12-3/h8H,4-6H2,1-3H3,(H,9,10). The molecule has 0 fully saturated rings. The van der Waals surface area contributed by atoms with E-state index in [1.165, 1.54) is 14.2 Å². The summed E-state index contributed by atoms with van der Waals surface area (Å²) in [6, 6.07) is 0. The molecular formula is C8H17NO4. The van der Waals surface area contributed by atoms with Crippen molar-refractivity contribution >= 4 is 5.91 Å². The van der Waals surface area contributed by atoms with Gasteiger partial charge in [-0.2, -0.15) is 0 Å². The second-order valence-electron chi connectivity index (χ2n) is 2.34. The summed E-state index contributed by atoms with van der Waals surface area (Å²) in [6.07, 6.45) is -0.398. The van der Waals surface area contributed by atoms with Crippen LogP contribution in [0.4, 0.5) is 0 Å². The van der Waals surface area contributed by atoms with Crippen LogP contribution in [0, 0.1) is 0 Å². The zero-order valence-electron chi connectivity index (χ0n) is 8.33. The molecule has 0 aromatic heterocycles. The van der Waals surface area contributed by atoms with E-state index in [4.69, 9.17) is 14.2 Å². The zero-order chi connectivity index (χ0) is 10.1. The highest BCUT2D eigenvalue weighted by Gasteiger charge is 2.06. The van der Waals surface area contributed by atoms with Crippen LogP contribution in [0.3, 0.4) is 0 Å². The van der Waals surface area contributed by atoms with E-state index in [2.05, 4.69) is 5.32 Å². The Balaban J connectivity index is 3.44. The van der Waals surface area contributed by atoms with Gasteiger partial charge in [0.2, 0.25) is 5.91 Å². The van der Waals surface area contributed by atoms with E-state index in [0.717, 1.165) is 0 Å². The molecule has 78 valence electrons. The van der Waals surface area contributed by atoms with Crippen LogP contribution in [-0.4, -0.2) is 46.2 Å². The maximum Gasteiger partial charge on any atom is 0.246 e. The van der Waals surface area contributed by atoms with Gasteiger partial charge in [-0.15, -0.1) is 0 Å². The van der Waals surface area contributed by atoms with Crippen LogP contribution in [0.2, 0.25) is 0 Å². The van der Waals surface area contributed by atoms with Crippen LogP contribution in [-0.2, 0) is 19.0 Å². The quantitative estimate of drug-likeness (QED) is 0.564. The molecule has 5 heteroatoms. The van der Waals surface area contributed by atoms with Crippen LogP contribution < -0.4 is 5.32 Å². The molecule has 0 aliphatic heterocycles. The molecule has 0 saturated heterocycles. The van der Waals surface area contributed by atoms with E-state index in [1.54, 1.807) is 0 Å². The van der Waals surface area contributed by atoms with Crippen molar-refractivity contribution in [1.82, 2.24) is 5.32 Å². The van der Waals surface area contributed by atoms with E-state index >= 15 is 0 Å². The summed E-state index contributed by atoms with van der Waals surface area (Å²) in [7, 11) is 3.03. The van der Waals surface area contributed by atoms with Gasteiger partial charge in [0, 0.05) is 20.8 Å². The number of hydrogen-bond acceptors (Lipinski definition) is 4. The lowest BCUT2D eigenvalue weighted by Gasteiger charge is -2.13. The van der Waals surface area contributed by atoms with Gasteiger partial charge in [0.25, 0.3) is 0 Å². The van der Waals surface area contributed by atoms with Crippen LogP contribution in [0.5, 0.6) is 0 Å². The summed E-state index contributed by atoms with van der Waals surface area (Å²) in [6.45, 7) is 2.78. The normalized spacial score (nSPS) is 10.5. The van der Waals surface area contributed by atoms with Crippen molar-refractivity contribution in [1.29, 1.82) is 0 Å². The summed E-state index contributed by atoms with van der Waals surface area (Å²) in [4.78, 5) is 11.0. The molecule has 0 atom stereocenters. The maximum atomic E-state index is 11.0. The van der Waals surface area contributed by atoms with Gasteiger partial charge in [0.15, 0.2) is 6.29 Å². The van der Waals surface area contributed by atoms with Crippen molar-refractivity contribution in [2.75, 3.05) is 34.0 Å². The Hall–Kier alpha value is -0.650. The highest BCUT2D eigenvalue weighted by molar-refractivity contribution is 5.77. The fourth-order valence-electron chi connectivity index (χ4n) is 0.706. The Labute approximate surface area is 78.3 Å². The third-order valence-corrected chi connectivity index (χ3v) is 1.43. The second-order valence-corrected chi connectivity index (χ2v) is 2.34. The number of amides is 1. The number of hydrogen-bond donors (Lipinski definition) is 1. The first-order valence-electron chi connectivity index (χ1n) is 4.14. The topological polar surface area (TPSA) is 56.8 Å². The second kappa shape index (κ2) is 7.97. The molecule has 0 unspecified atom stereocenters. The summed E-state index contributed by atoms with van der Waals surface area (Å²) >= 11 is 0. The molecule has 0 spiro atoms. The molecule has 0 saturated carbocycles. The number of carbonyl (C=O) groups is 1. The Morgan fingerprint density at radius 3 is 2.46 bits per heavy atom. The van der Waals surface area contributed by atoms with Gasteiger partial charge in [-0.3, -0.25) is 4.79 Å². The number of ether oxygens (including phenoxy) is 3. The van der Waals surface area contributed by atoms with E-state index in [-0.39, 0.29) is 12.5 Å². The average molecular weight is 191 g/mol. The van der Waals surface area contributed by atoms with Crippen LogP contribution in [0.1, 0.15) is 6.92 Å². The minimum absolute atomic E-state index is 0.0800. The van der Waals surface area contributed by atoms with Crippen LogP contribution >= 0.6 is 0 Å². The number of carbonyl (C=O) groups excluding carboxylic acids is 1. The van der Waals surface area contributed by atoms with Crippen molar-refractivity contribution in [3.05, 3.63) is 0 Å². The summed E-state index contributed by atoms with van der Waals surface area (Å²) in [5, 5.41) is 2.61. The highest BCUT2D eigenvalue weighted by atomic mass is 16.7. The molecule has 1 N–H and O–H groups in total. The predicted molar refractivity (Wildman–Crippen MR) is 47.3 cm³/mol. The lowest BCUT2D eigenvalue weighted by molar-refractivity contribution is -0.131. The first-order valence-corrected chi connectivity index (χ1v) is 4.14. The average Bonchev–Trinajstić information content (AvgIpc) is 2.16. The van der Waals surface area contributed by atoms with E-state index in [0.29, 0.717) is 13.2 Å². The summed E-state index contributed by atoms with van der Waals surface area (Å²) in [5.41, 5.74) is 0. The zero-order valence-corrected chi connectivity index (χ0v) is 8.33. The number of methoxy groups -OCH3 is 2. The van der Waals surface area contributed by atoms with Crippen molar-refractivity contribution < 1.29 is 19.0 Å². The predicted octanol–water partition coefficient (Wildman–Crippen LogP) is -0.242. The van der Waals surface area contributed by atoms with Gasteiger partial charge in [0.05, 0.1) is 6.54 Å². The third kappa shape index (κ3) is 6.51. The lowest BCUT2D eigenvalue weighted by Crippen LogP contribution is -2.36. The minimum Gasteiger partial charge on any atom is -0.372 e. The molecule has 0 rings (SSSR count). The minimum atomic E-state index is -0.398. The molecule has 0 aliphatic carbocycles. The van der Waals surface area contributed by atoms with Gasteiger partial charge in [-0.1, -0.05) is 0 Å². The Bertz CT molecular complexity index is 136. The van der Waals surface area contributed by atoms with Crippen molar-refractivity contribution in [2.24, 2.45) is 0 Å². The molecule has 0 heterocycles. The van der Waals surface area contributed by atoms with Crippen LogP contribution in [0.25, 0.3) is 0 Å². The molecule has 0 bridgehead atoms.